The standard InChI is InChI=1S/C9H14BO2/c1-7-5-10-6-8(2)9(7,11-3)12-4/h5-6H,1-4H3. The summed E-state index contributed by atoms with van der Waals surface area (Å²) in [6.45, 7) is 4.00. The lowest BCUT2D eigenvalue weighted by molar-refractivity contribution is -0.150. The van der Waals surface area contributed by atoms with E-state index in [9.17, 15) is 0 Å². The van der Waals surface area contributed by atoms with Gasteiger partial charge in [-0.15, -0.1) is 12.0 Å². The highest BCUT2D eigenvalue weighted by Gasteiger charge is 2.34. The van der Waals surface area contributed by atoms with Gasteiger partial charge < -0.3 is 9.47 Å². The fraction of sp³-hybridized carbons (Fsp3) is 0.556. The zero-order valence-corrected chi connectivity index (χ0v) is 8.05. The van der Waals surface area contributed by atoms with Crippen LogP contribution in [0.5, 0.6) is 0 Å². The van der Waals surface area contributed by atoms with Crippen LogP contribution < -0.4 is 0 Å². The molecule has 0 aliphatic carbocycles. The number of hydrogen-bond acceptors (Lipinski definition) is 2. The van der Waals surface area contributed by atoms with Crippen molar-refractivity contribution < 1.29 is 9.47 Å². The van der Waals surface area contributed by atoms with E-state index in [0.29, 0.717) is 0 Å². The molecule has 3 heteroatoms. The van der Waals surface area contributed by atoms with Crippen LogP contribution in [0.3, 0.4) is 0 Å². The SMILES string of the molecule is COC1(OC)C(C)=C[B]C=C1C. The maximum absolute atomic E-state index is 5.37. The summed E-state index contributed by atoms with van der Waals surface area (Å²) in [5.41, 5.74) is 2.15. The molecule has 0 amide bonds. The molecule has 1 radical (unpaired) electrons. The maximum atomic E-state index is 5.37. The van der Waals surface area contributed by atoms with Gasteiger partial charge in [-0.2, -0.15) is 0 Å². The lowest BCUT2D eigenvalue weighted by atomic mass is 9.68. The molecular formula is C9H14BO2. The lowest BCUT2D eigenvalue weighted by Gasteiger charge is -2.35. The van der Waals surface area contributed by atoms with Crippen molar-refractivity contribution in [2.45, 2.75) is 19.6 Å². The smallest absolute Gasteiger partial charge is 0.211 e. The summed E-state index contributed by atoms with van der Waals surface area (Å²) < 4.78 is 10.7. The van der Waals surface area contributed by atoms with Gasteiger partial charge in [-0.05, 0) is 25.0 Å². The molecule has 0 aromatic rings. The van der Waals surface area contributed by atoms with Crippen molar-refractivity contribution in [2.75, 3.05) is 14.2 Å². The molecule has 0 unspecified atom stereocenters. The Bertz CT molecular complexity index is 207. The first kappa shape index (κ1) is 9.55. The van der Waals surface area contributed by atoms with E-state index >= 15 is 0 Å². The quantitative estimate of drug-likeness (QED) is 0.456. The number of methoxy groups -OCH3 is 2. The summed E-state index contributed by atoms with van der Waals surface area (Å²) in [5, 5.41) is 0. The van der Waals surface area contributed by atoms with Gasteiger partial charge >= 0.3 is 0 Å². The molecule has 65 valence electrons. The van der Waals surface area contributed by atoms with Crippen molar-refractivity contribution in [3.05, 3.63) is 23.1 Å². The van der Waals surface area contributed by atoms with Crippen LogP contribution in [0.4, 0.5) is 0 Å². The second kappa shape index (κ2) is 3.46. The first-order chi connectivity index (χ1) is 5.67. The summed E-state index contributed by atoms with van der Waals surface area (Å²) in [6, 6.07) is 0. The molecule has 0 spiro atoms. The second-order valence-electron chi connectivity index (χ2n) is 2.92. The predicted molar refractivity (Wildman–Crippen MR) is 50.0 cm³/mol. The van der Waals surface area contributed by atoms with Crippen LogP contribution >= 0.6 is 0 Å². The monoisotopic (exact) mass is 165 g/mol. The van der Waals surface area contributed by atoms with E-state index in [0.717, 1.165) is 11.1 Å². The van der Waals surface area contributed by atoms with Crippen molar-refractivity contribution in [1.29, 1.82) is 0 Å². The minimum atomic E-state index is -0.630. The van der Waals surface area contributed by atoms with Gasteiger partial charge in [0.1, 0.15) is 0 Å². The average Bonchev–Trinajstić information content (AvgIpc) is 2.06. The minimum absolute atomic E-state index is 0.630. The van der Waals surface area contributed by atoms with Gasteiger partial charge in [-0.3, -0.25) is 0 Å². The maximum Gasteiger partial charge on any atom is 0.211 e. The van der Waals surface area contributed by atoms with Crippen LogP contribution in [0.1, 0.15) is 13.8 Å². The van der Waals surface area contributed by atoms with E-state index in [1.807, 2.05) is 33.1 Å². The number of hydrogen-bond donors (Lipinski definition) is 0. The molecule has 12 heavy (non-hydrogen) atoms. The Morgan fingerprint density at radius 3 is 1.75 bits per heavy atom. The van der Waals surface area contributed by atoms with E-state index in [4.69, 9.17) is 9.47 Å². The van der Waals surface area contributed by atoms with Gasteiger partial charge in [0.25, 0.3) is 0 Å². The van der Waals surface area contributed by atoms with Crippen molar-refractivity contribution >= 4 is 7.28 Å². The average molecular weight is 165 g/mol. The topological polar surface area (TPSA) is 18.5 Å². The largest absolute Gasteiger partial charge is 0.346 e. The Morgan fingerprint density at radius 1 is 1.08 bits per heavy atom. The Morgan fingerprint density at radius 2 is 1.50 bits per heavy atom. The molecule has 0 bridgehead atoms. The van der Waals surface area contributed by atoms with Crippen LogP contribution in [0.2, 0.25) is 0 Å². The normalized spacial score (nSPS) is 21.0. The fourth-order valence-corrected chi connectivity index (χ4v) is 1.59. The molecule has 1 heterocycles. The fourth-order valence-electron chi connectivity index (χ4n) is 1.59. The third-order valence-corrected chi connectivity index (χ3v) is 2.31. The van der Waals surface area contributed by atoms with Crippen LogP contribution in [-0.2, 0) is 9.47 Å². The Kier molecular flexibility index (Phi) is 2.75. The zero-order chi connectivity index (χ0) is 9.19. The first-order valence-electron chi connectivity index (χ1n) is 3.97. The molecule has 0 saturated heterocycles. The molecule has 1 rings (SSSR count). The number of ether oxygens (including phenoxy) is 2. The van der Waals surface area contributed by atoms with Crippen LogP contribution in [-0.4, -0.2) is 27.3 Å². The van der Waals surface area contributed by atoms with Crippen LogP contribution in [0.25, 0.3) is 0 Å². The zero-order valence-electron chi connectivity index (χ0n) is 8.05. The van der Waals surface area contributed by atoms with Gasteiger partial charge in [0.15, 0.2) is 7.28 Å². The Balaban J connectivity index is 3.02. The summed E-state index contributed by atoms with van der Waals surface area (Å²) >= 11 is 0. The van der Waals surface area contributed by atoms with E-state index in [2.05, 4.69) is 0 Å². The molecule has 0 N–H and O–H groups in total. The van der Waals surface area contributed by atoms with E-state index in [1.54, 1.807) is 14.2 Å². The summed E-state index contributed by atoms with van der Waals surface area (Å²) in [6.07, 6.45) is 0. The lowest BCUT2D eigenvalue weighted by Crippen LogP contribution is -2.38. The van der Waals surface area contributed by atoms with Gasteiger partial charge in [0, 0.05) is 14.2 Å². The summed E-state index contributed by atoms with van der Waals surface area (Å²) in [5.74, 6) is 3.37. The minimum Gasteiger partial charge on any atom is -0.346 e. The van der Waals surface area contributed by atoms with E-state index in [1.165, 1.54) is 0 Å². The Labute approximate surface area is 74.5 Å². The predicted octanol–water partition coefficient (Wildman–Crippen LogP) is 1.50. The van der Waals surface area contributed by atoms with Gasteiger partial charge in [-0.25, -0.2) is 0 Å². The van der Waals surface area contributed by atoms with Crippen molar-refractivity contribution in [3.63, 3.8) is 0 Å². The molecule has 0 atom stereocenters. The molecule has 0 fully saturated rings. The molecule has 1 aliphatic heterocycles. The third-order valence-electron chi connectivity index (χ3n) is 2.31. The molecule has 0 saturated carbocycles. The van der Waals surface area contributed by atoms with Gasteiger partial charge in [0.2, 0.25) is 5.79 Å². The highest BCUT2D eigenvalue weighted by atomic mass is 16.7. The number of rotatable bonds is 2. The highest BCUT2D eigenvalue weighted by Crippen LogP contribution is 2.31. The van der Waals surface area contributed by atoms with Crippen molar-refractivity contribution in [1.82, 2.24) is 0 Å². The van der Waals surface area contributed by atoms with Crippen molar-refractivity contribution in [3.8, 4) is 0 Å². The first-order valence-corrected chi connectivity index (χ1v) is 3.97. The second-order valence-corrected chi connectivity index (χ2v) is 2.92. The van der Waals surface area contributed by atoms with E-state index in [-0.39, 0.29) is 0 Å². The van der Waals surface area contributed by atoms with E-state index < -0.39 is 5.79 Å². The summed E-state index contributed by atoms with van der Waals surface area (Å²) in [4.78, 5) is 0. The van der Waals surface area contributed by atoms with Crippen LogP contribution in [0, 0.1) is 0 Å². The molecular weight excluding hydrogens is 151 g/mol. The van der Waals surface area contributed by atoms with Gasteiger partial charge in [-0.1, -0.05) is 0 Å². The molecule has 2 nitrogen and oxygen atoms in total. The molecule has 0 aromatic carbocycles. The third kappa shape index (κ3) is 1.23. The Hall–Kier alpha value is -0.535. The van der Waals surface area contributed by atoms with Crippen molar-refractivity contribution in [2.24, 2.45) is 0 Å². The van der Waals surface area contributed by atoms with Crippen LogP contribution in [0.15, 0.2) is 23.1 Å². The molecule has 0 aromatic heterocycles. The molecule has 1 aliphatic rings. The summed E-state index contributed by atoms with van der Waals surface area (Å²) in [7, 11) is 5.31. The highest BCUT2D eigenvalue weighted by molar-refractivity contribution is 6.49. The van der Waals surface area contributed by atoms with Gasteiger partial charge in [0.05, 0.1) is 0 Å².